The molecule has 4 rings (SSSR count). The Kier molecular flexibility index (Phi) is 5.62. The van der Waals surface area contributed by atoms with Crippen molar-refractivity contribution >= 4 is 17.4 Å². The molecule has 1 aliphatic rings. The van der Waals surface area contributed by atoms with Gasteiger partial charge in [-0.05, 0) is 31.0 Å². The number of anilines is 1. The third-order valence-corrected chi connectivity index (χ3v) is 5.44. The van der Waals surface area contributed by atoms with Gasteiger partial charge in [0, 0.05) is 42.7 Å². The van der Waals surface area contributed by atoms with Crippen LogP contribution in [0.1, 0.15) is 18.4 Å². The number of piperidine rings is 1. The number of halogens is 4. The Bertz CT molecular complexity index is 1030. The summed E-state index contributed by atoms with van der Waals surface area (Å²) in [6, 6.07) is 6.75. The number of benzene rings is 1. The van der Waals surface area contributed by atoms with E-state index in [1.54, 1.807) is 18.5 Å². The monoisotopic (exact) mass is 433 g/mol. The molecule has 2 aromatic heterocycles. The normalized spacial score (nSPS) is 15.4. The van der Waals surface area contributed by atoms with E-state index in [0.29, 0.717) is 33.4 Å². The highest BCUT2D eigenvalue weighted by molar-refractivity contribution is 6.33. The molecule has 1 aromatic carbocycles. The van der Waals surface area contributed by atoms with E-state index in [1.165, 1.54) is 18.3 Å². The maximum atomic E-state index is 12.9. The number of pyridine rings is 1. The molecule has 1 fully saturated rings. The molecule has 5 nitrogen and oxygen atoms in total. The molecular weight excluding hydrogens is 415 g/mol. The predicted molar refractivity (Wildman–Crippen MR) is 110 cm³/mol. The highest BCUT2D eigenvalue weighted by atomic mass is 35.5. The van der Waals surface area contributed by atoms with Gasteiger partial charge in [0.25, 0.3) is 0 Å². The minimum absolute atomic E-state index is 0.176. The topological polar surface area (TPSA) is 67.9 Å². The lowest BCUT2D eigenvalue weighted by Crippen LogP contribution is -2.40. The van der Waals surface area contributed by atoms with Crippen LogP contribution in [0, 0.1) is 0 Å². The van der Waals surface area contributed by atoms with Crippen molar-refractivity contribution in [1.82, 2.24) is 15.0 Å². The van der Waals surface area contributed by atoms with Crippen molar-refractivity contribution in [3.8, 4) is 22.5 Å². The van der Waals surface area contributed by atoms with E-state index in [0.717, 1.165) is 38.1 Å². The Morgan fingerprint density at radius 2 is 1.70 bits per heavy atom. The molecule has 0 unspecified atom stereocenters. The Morgan fingerprint density at radius 1 is 1.00 bits per heavy atom. The first kappa shape index (κ1) is 20.6. The molecule has 156 valence electrons. The zero-order valence-corrected chi connectivity index (χ0v) is 16.7. The van der Waals surface area contributed by atoms with Crippen LogP contribution in [0.15, 0.2) is 48.9 Å². The summed E-state index contributed by atoms with van der Waals surface area (Å²) in [4.78, 5) is 15.5. The van der Waals surface area contributed by atoms with E-state index >= 15 is 0 Å². The fourth-order valence-electron chi connectivity index (χ4n) is 3.44. The molecule has 0 amide bonds. The summed E-state index contributed by atoms with van der Waals surface area (Å²) in [6.07, 6.45) is 2.04. The standard InChI is InChI=1S/C21H19ClF3N5/c22-17-11-27-8-5-16(17)20-19(13-1-3-14(4-2-13)21(23,24)25)28-12-18(29-20)30-9-6-15(26)7-10-30/h1-5,8,11-12,15H,6-7,9-10,26H2. The van der Waals surface area contributed by atoms with E-state index in [9.17, 15) is 13.2 Å². The number of hydrogen-bond acceptors (Lipinski definition) is 5. The molecule has 1 saturated heterocycles. The van der Waals surface area contributed by atoms with Crippen molar-refractivity contribution in [1.29, 1.82) is 0 Å². The molecule has 0 aliphatic carbocycles. The van der Waals surface area contributed by atoms with Crippen LogP contribution in [0.5, 0.6) is 0 Å². The quantitative estimate of drug-likeness (QED) is 0.642. The highest BCUT2D eigenvalue weighted by Crippen LogP contribution is 2.36. The zero-order valence-electron chi connectivity index (χ0n) is 15.9. The van der Waals surface area contributed by atoms with Gasteiger partial charge in [0.15, 0.2) is 0 Å². The van der Waals surface area contributed by atoms with E-state index in [2.05, 4.69) is 14.9 Å². The Labute approximate surface area is 176 Å². The van der Waals surface area contributed by atoms with Crippen LogP contribution in [0.25, 0.3) is 22.5 Å². The summed E-state index contributed by atoms with van der Waals surface area (Å²) in [5.74, 6) is 0.681. The van der Waals surface area contributed by atoms with Crippen molar-refractivity contribution in [2.45, 2.75) is 25.1 Å². The first-order valence-corrected chi connectivity index (χ1v) is 9.86. The van der Waals surface area contributed by atoms with Gasteiger partial charge in [0.1, 0.15) is 11.5 Å². The Morgan fingerprint density at radius 3 is 2.33 bits per heavy atom. The summed E-state index contributed by atoms with van der Waals surface area (Å²) >= 11 is 6.35. The SMILES string of the molecule is NC1CCN(c2cnc(-c3ccc(C(F)(F)F)cc3)c(-c3ccncc3Cl)n2)CC1. The predicted octanol–water partition coefficient (Wildman–Crippen LogP) is 4.81. The second-order valence-corrected chi connectivity index (χ2v) is 7.59. The van der Waals surface area contributed by atoms with Crippen LogP contribution in [0.4, 0.5) is 19.0 Å². The second-order valence-electron chi connectivity index (χ2n) is 7.18. The van der Waals surface area contributed by atoms with Crippen LogP contribution in [-0.4, -0.2) is 34.1 Å². The summed E-state index contributed by atoms with van der Waals surface area (Å²) in [5, 5.41) is 0.387. The van der Waals surface area contributed by atoms with Crippen LogP contribution in [-0.2, 0) is 6.18 Å². The molecule has 3 aromatic rings. The molecule has 30 heavy (non-hydrogen) atoms. The lowest BCUT2D eigenvalue weighted by Gasteiger charge is -2.31. The van der Waals surface area contributed by atoms with Crippen LogP contribution >= 0.6 is 11.6 Å². The average Bonchev–Trinajstić information content (AvgIpc) is 2.74. The zero-order chi connectivity index (χ0) is 21.3. The van der Waals surface area contributed by atoms with Gasteiger partial charge in [-0.25, -0.2) is 4.98 Å². The number of aromatic nitrogens is 3. The molecule has 0 bridgehead atoms. The fourth-order valence-corrected chi connectivity index (χ4v) is 3.65. The Hall–Kier alpha value is -2.71. The second kappa shape index (κ2) is 8.20. The summed E-state index contributed by atoms with van der Waals surface area (Å²) < 4.78 is 38.8. The minimum Gasteiger partial charge on any atom is -0.355 e. The highest BCUT2D eigenvalue weighted by Gasteiger charge is 2.30. The van der Waals surface area contributed by atoms with Crippen molar-refractivity contribution < 1.29 is 13.2 Å². The molecule has 0 atom stereocenters. The van der Waals surface area contributed by atoms with Crippen molar-refractivity contribution in [2.24, 2.45) is 5.73 Å². The number of nitrogens with zero attached hydrogens (tertiary/aromatic N) is 4. The number of hydrogen-bond donors (Lipinski definition) is 1. The lowest BCUT2D eigenvalue weighted by molar-refractivity contribution is -0.137. The van der Waals surface area contributed by atoms with Crippen molar-refractivity contribution in [3.63, 3.8) is 0 Å². The summed E-state index contributed by atoms with van der Waals surface area (Å²) in [5.41, 5.74) is 7.36. The van der Waals surface area contributed by atoms with Gasteiger partial charge in [0.2, 0.25) is 0 Å². The van der Waals surface area contributed by atoms with Crippen molar-refractivity contribution in [3.05, 3.63) is 59.5 Å². The van der Waals surface area contributed by atoms with Gasteiger partial charge in [-0.3, -0.25) is 9.97 Å². The number of alkyl halides is 3. The van der Waals surface area contributed by atoms with E-state index in [4.69, 9.17) is 22.3 Å². The van der Waals surface area contributed by atoms with Gasteiger partial charge in [-0.15, -0.1) is 0 Å². The first-order valence-electron chi connectivity index (χ1n) is 9.48. The lowest BCUT2D eigenvalue weighted by atomic mass is 10.0. The fraction of sp³-hybridized carbons (Fsp3) is 0.286. The molecule has 2 N–H and O–H groups in total. The van der Waals surface area contributed by atoms with Gasteiger partial charge < -0.3 is 10.6 Å². The van der Waals surface area contributed by atoms with E-state index < -0.39 is 11.7 Å². The van der Waals surface area contributed by atoms with Gasteiger partial charge in [-0.2, -0.15) is 13.2 Å². The van der Waals surface area contributed by atoms with E-state index in [-0.39, 0.29) is 6.04 Å². The summed E-state index contributed by atoms with van der Waals surface area (Å²) in [6.45, 7) is 1.53. The van der Waals surface area contributed by atoms with Crippen LogP contribution in [0.3, 0.4) is 0 Å². The van der Waals surface area contributed by atoms with Gasteiger partial charge in [0.05, 0.1) is 22.5 Å². The molecule has 3 heterocycles. The van der Waals surface area contributed by atoms with Gasteiger partial charge in [-0.1, -0.05) is 23.7 Å². The Balaban J connectivity index is 1.79. The van der Waals surface area contributed by atoms with Crippen LogP contribution < -0.4 is 10.6 Å². The number of nitrogens with two attached hydrogens (primary N) is 1. The largest absolute Gasteiger partial charge is 0.416 e. The molecule has 0 saturated carbocycles. The molecule has 0 spiro atoms. The molecule has 9 heteroatoms. The maximum Gasteiger partial charge on any atom is 0.416 e. The third kappa shape index (κ3) is 4.24. The smallest absolute Gasteiger partial charge is 0.355 e. The van der Waals surface area contributed by atoms with E-state index in [1.807, 2.05) is 0 Å². The van der Waals surface area contributed by atoms with Crippen molar-refractivity contribution in [2.75, 3.05) is 18.0 Å². The molecular formula is C21H19ClF3N5. The van der Waals surface area contributed by atoms with Gasteiger partial charge >= 0.3 is 6.18 Å². The third-order valence-electron chi connectivity index (χ3n) is 5.14. The number of rotatable bonds is 3. The molecule has 1 aliphatic heterocycles. The molecule has 0 radical (unpaired) electrons. The maximum absolute atomic E-state index is 12.9. The summed E-state index contributed by atoms with van der Waals surface area (Å²) in [7, 11) is 0. The minimum atomic E-state index is -4.40. The van der Waals surface area contributed by atoms with Crippen LogP contribution in [0.2, 0.25) is 5.02 Å². The first-order chi connectivity index (χ1) is 14.3. The average molecular weight is 434 g/mol.